The second-order valence-electron chi connectivity index (χ2n) is 3.57. The predicted molar refractivity (Wildman–Crippen MR) is 83.8 cm³/mol. The summed E-state index contributed by atoms with van der Waals surface area (Å²) in [6, 6.07) is 0. The molecule has 18 heavy (non-hydrogen) atoms. The third-order valence-electron chi connectivity index (χ3n) is 2.58. The van der Waals surface area contributed by atoms with E-state index in [-0.39, 0.29) is 30.1 Å². The molecular weight excluding hydrogens is 380 g/mol. The smallest absolute Gasteiger partial charge is 0.0800 e. The van der Waals surface area contributed by atoms with E-state index < -0.39 is 0 Å². The molecule has 0 N–H and O–H groups in total. The summed E-state index contributed by atoms with van der Waals surface area (Å²) in [7, 11) is 0. The summed E-state index contributed by atoms with van der Waals surface area (Å²) in [5, 5.41) is 2.47. The Hall–Kier alpha value is 0.730. The molecule has 0 atom stereocenters. The van der Waals surface area contributed by atoms with E-state index in [1.165, 1.54) is 0 Å². The van der Waals surface area contributed by atoms with Gasteiger partial charge < -0.3 is 0 Å². The maximum atomic E-state index is 6.17. The van der Waals surface area contributed by atoms with Crippen molar-refractivity contribution in [2.24, 2.45) is 0 Å². The van der Waals surface area contributed by atoms with Gasteiger partial charge in [-0.15, -0.1) is 0 Å². The van der Waals surface area contributed by atoms with Crippen LogP contribution in [-0.2, 0) is 0 Å². The summed E-state index contributed by atoms with van der Waals surface area (Å²) < 4.78 is 0. The fraction of sp³-hybridized carbons (Fsp3) is 0.0909. The summed E-state index contributed by atoms with van der Waals surface area (Å²) in [6.07, 6.45) is 0. The van der Waals surface area contributed by atoms with Gasteiger partial charge in [-0.1, -0.05) is 81.2 Å². The molecule has 0 aliphatic carbocycles. The largest absolute Gasteiger partial charge is 0.0823 e. The molecule has 0 saturated carbocycles. The number of halogens is 7. The highest BCUT2D eigenvalue weighted by atomic mass is 35.5. The first-order chi connectivity index (χ1) is 8.29. The van der Waals surface area contributed by atoms with Gasteiger partial charge in [0.15, 0.2) is 0 Å². The molecule has 2 rings (SSSR count). The minimum absolute atomic E-state index is 0.135. The van der Waals surface area contributed by atoms with Crippen LogP contribution in [0.4, 0.5) is 0 Å². The Morgan fingerprint density at radius 2 is 0.778 bits per heavy atom. The van der Waals surface area contributed by atoms with Gasteiger partial charge in [0.05, 0.1) is 35.2 Å². The van der Waals surface area contributed by atoms with Crippen LogP contribution in [0.15, 0.2) is 0 Å². The van der Waals surface area contributed by atoms with E-state index in [9.17, 15) is 0 Å². The number of hydrogen-bond donors (Lipinski definition) is 0. The van der Waals surface area contributed by atoms with Gasteiger partial charge in [0.2, 0.25) is 0 Å². The second kappa shape index (κ2) is 5.26. The molecular formula is C11H3Cl7. The molecule has 2 aromatic carbocycles. The minimum Gasteiger partial charge on any atom is -0.0823 e. The molecule has 0 bridgehead atoms. The predicted octanol–water partition coefficient (Wildman–Crippen LogP) is 7.72. The van der Waals surface area contributed by atoms with Crippen LogP contribution < -0.4 is 0 Å². The minimum atomic E-state index is 0.135. The summed E-state index contributed by atoms with van der Waals surface area (Å²) in [6.45, 7) is 1.75. The molecule has 0 aliphatic rings. The lowest BCUT2D eigenvalue weighted by atomic mass is 10.0. The zero-order valence-corrected chi connectivity index (χ0v) is 13.9. The number of hydrogen-bond acceptors (Lipinski definition) is 0. The summed E-state index contributed by atoms with van der Waals surface area (Å²) >= 11 is 42.6. The highest BCUT2D eigenvalue weighted by Crippen LogP contribution is 2.50. The Labute approximate surface area is 139 Å². The van der Waals surface area contributed by atoms with Gasteiger partial charge in [0, 0.05) is 10.8 Å². The number of fused-ring (bicyclic) bond motifs is 1. The number of rotatable bonds is 0. The summed E-state index contributed by atoms with van der Waals surface area (Å²) in [5.41, 5.74) is 0.645. The fourth-order valence-electron chi connectivity index (χ4n) is 1.67. The molecule has 0 heterocycles. The fourth-order valence-corrected chi connectivity index (χ4v) is 3.56. The molecule has 0 amide bonds. The SMILES string of the molecule is Cc1c(Cl)c(Cl)c(Cl)c2c(Cl)c(Cl)c(Cl)c(Cl)c12. The monoisotopic (exact) mass is 380 g/mol. The Bertz CT molecular complexity index is 562. The molecule has 96 valence electrons. The molecule has 0 saturated heterocycles. The van der Waals surface area contributed by atoms with Crippen molar-refractivity contribution in [1.82, 2.24) is 0 Å². The molecule has 0 fully saturated rings. The van der Waals surface area contributed by atoms with Crippen molar-refractivity contribution >= 4 is 92.0 Å². The lowest BCUT2D eigenvalue weighted by Gasteiger charge is -2.15. The first-order valence-electron chi connectivity index (χ1n) is 4.57. The van der Waals surface area contributed by atoms with E-state index in [0.29, 0.717) is 21.4 Å². The van der Waals surface area contributed by atoms with Gasteiger partial charge in [-0.2, -0.15) is 0 Å². The van der Waals surface area contributed by atoms with Crippen molar-refractivity contribution in [2.75, 3.05) is 0 Å². The topological polar surface area (TPSA) is 0 Å². The van der Waals surface area contributed by atoms with Gasteiger partial charge >= 0.3 is 0 Å². The maximum absolute atomic E-state index is 6.17. The standard InChI is InChI=1S/C11H3Cl7/c1-2-3-4(7(14)9(16)5(2)12)8(15)11(18)10(17)6(3)13/h1H3. The molecule has 0 aromatic heterocycles. The first-order valence-corrected chi connectivity index (χ1v) is 7.22. The van der Waals surface area contributed by atoms with Crippen LogP contribution in [0.25, 0.3) is 10.8 Å². The van der Waals surface area contributed by atoms with Crippen LogP contribution in [0.3, 0.4) is 0 Å². The maximum Gasteiger partial charge on any atom is 0.0800 e. The number of aryl methyl sites for hydroxylation is 1. The highest BCUT2D eigenvalue weighted by Gasteiger charge is 2.22. The highest BCUT2D eigenvalue weighted by molar-refractivity contribution is 6.59. The van der Waals surface area contributed by atoms with Crippen LogP contribution in [0.1, 0.15) is 5.56 Å². The van der Waals surface area contributed by atoms with Crippen LogP contribution in [0.5, 0.6) is 0 Å². The van der Waals surface area contributed by atoms with Gasteiger partial charge in [-0.05, 0) is 12.5 Å². The zero-order valence-electron chi connectivity index (χ0n) is 8.65. The Kier molecular flexibility index (Phi) is 4.42. The Morgan fingerprint density at radius 1 is 0.444 bits per heavy atom. The van der Waals surface area contributed by atoms with Crippen LogP contribution >= 0.6 is 81.2 Å². The third kappa shape index (κ3) is 2.07. The van der Waals surface area contributed by atoms with Crippen LogP contribution in [0, 0.1) is 6.92 Å². The lowest BCUT2D eigenvalue weighted by molar-refractivity contribution is 1.53. The van der Waals surface area contributed by atoms with Crippen molar-refractivity contribution in [3.8, 4) is 0 Å². The van der Waals surface area contributed by atoms with E-state index >= 15 is 0 Å². The average Bonchev–Trinajstić information content (AvgIpc) is 2.35. The summed E-state index contributed by atoms with van der Waals surface area (Å²) in [4.78, 5) is 0. The molecule has 7 heteroatoms. The molecule has 0 nitrogen and oxygen atoms in total. The zero-order chi connectivity index (χ0) is 13.8. The lowest BCUT2D eigenvalue weighted by Crippen LogP contribution is -1.89. The third-order valence-corrected chi connectivity index (χ3v) is 5.80. The molecule has 0 aliphatic heterocycles. The van der Waals surface area contributed by atoms with Crippen LogP contribution in [0.2, 0.25) is 35.2 Å². The van der Waals surface area contributed by atoms with Crippen molar-refractivity contribution in [3.05, 3.63) is 40.7 Å². The van der Waals surface area contributed by atoms with Gasteiger partial charge in [0.1, 0.15) is 0 Å². The quantitative estimate of drug-likeness (QED) is 0.323. The molecule has 2 aromatic rings. The van der Waals surface area contributed by atoms with Crippen LogP contribution in [-0.4, -0.2) is 0 Å². The van der Waals surface area contributed by atoms with E-state index in [1.54, 1.807) is 6.92 Å². The van der Waals surface area contributed by atoms with E-state index in [2.05, 4.69) is 0 Å². The van der Waals surface area contributed by atoms with E-state index in [0.717, 1.165) is 0 Å². The van der Waals surface area contributed by atoms with Crippen molar-refractivity contribution < 1.29 is 0 Å². The molecule has 0 spiro atoms. The van der Waals surface area contributed by atoms with Crippen molar-refractivity contribution in [1.29, 1.82) is 0 Å². The van der Waals surface area contributed by atoms with E-state index in [4.69, 9.17) is 81.2 Å². The van der Waals surface area contributed by atoms with Crippen molar-refractivity contribution in [2.45, 2.75) is 6.92 Å². The van der Waals surface area contributed by atoms with Gasteiger partial charge in [-0.3, -0.25) is 0 Å². The Morgan fingerprint density at radius 3 is 1.22 bits per heavy atom. The summed E-state index contributed by atoms with van der Waals surface area (Å²) in [5.74, 6) is 0. The molecule has 0 unspecified atom stereocenters. The second-order valence-corrected chi connectivity index (χ2v) is 6.22. The normalized spacial score (nSPS) is 11.3. The first kappa shape index (κ1) is 15.1. The molecule has 0 radical (unpaired) electrons. The van der Waals surface area contributed by atoms with Crippen molar-refractivity contribution in [3.63, 3.8) is 0 Å². The van der Waals surface area contributed by atoms with Gasteiger partial charge in [-0.25, -0.2) is 0 Å². The van der Waals surface area contributed by atoms with Gasteiger partial charge in [0.25, 0.3) is 0 Å². The van der Waals surface area contributed by atoms with E-state index in [1.807, 2.05) is 0 Å². The average molecular weight is 383 g/mol. The Balaban J connectivity index is 3.22. The number of benzene rings is 2.